The van der Waals surface area contributed by atoms with E-state index >= 15 is 0 Å². The first-order valence-corrected chi connectivity index (χ1v) is 9.87. The fourth-order valence-corrected chi connectivity index (χ4v) is 3.64. The van der Waals surface area contributed by atoms with E-state index < -0.39 is 5.25 Å². The van der Waals surface area contributed by atoms with Crippen LogP contribution in [-0.4, -0.2) is 32.6 Å². The Morgan fingerprint density at radius 1 is 1.19 bits per heavy atom. The summed E-state index contributed by atoms with van der Waals surface area (Å²) in [4.78, 5) is 12.0. The summed E-state index contributed by atoms with van der Waals surface area (Å²) in [5.41, 5.74) is 2.84. The van der Waals surface area contributed by atoms with Crippen molar-refractivity contribution in [1.29, 1.82) is 0 Å². The quantitative estimate of drug-likeness (QED) is 0.432. The predicted molar refractivity (Wildman–Crippen MR) is 108 cm³/mol. The average Bonchev–Trinajstić information content (AvgIpc) is 3.06. The normalized spacial score (nSPS) is 12.0. The Balaban J connectivity index is 2.08. The SMILES string of the molecule is CCOC(=O)[C@@H](C)Sc1nnc(-c2ccccc2Cl)n1-c1ccc(C)cc1. The third kappa shape index (κ3) is 4.34. The topological polar surface area (TPSA) is 57.0 Å². The van der Waals surface area contributed by atoms with E-state index in [4.69, 9.17) is 16.3 Å². The van der Waals surface area contributed by atoms with Crippen molar-refractivity contribution >= 4 is 29.3 Å². The Morgan fingerprint density at radius 2 is 1.89 bits per heavy atom. The van der Waals surface area contributed by atoms with Crippen LogP contribution in [0.5, 0.6) is 0 Å². The van der Waals surface area contributed by atoms with Crippen LogP contribution in [0.1, 0.15) is 19.4 Å². The zero-order valence-corrected chi connectivity index (χ0v) is 16.9. The second kappa shape index (κ2) is 8.59. The second-order valence-corrected chi connectivity index (χ2v) is 7.68. The number of benzene rings is 2. The average molecular weight is 402 g/mol. The van der Waals surface area contributed by atoms with E-state index in [1.807, 2.05) is 60.0 Å². The number of aryl methyl sites for hydroxylation is 1. The summed E-state index contributed by atoms with van der Waals surface area (Å²) in [6.45, 7) is 5.97. The fourth-order valence-electron chi connectivity index (χ4n) is 2.56. The van der Waals surface area contributed by atoms with Gasteiger partial charge in [-0.3, -0.25) is 9.36 Å². The van der Waals surface area contributed by atoms with E-state index in [0.717, 1.165) is 16.8 Å². The van der Waals surface area contributed by atoms with Crippen molar-refractivity contribution in [3.05, 3.63) is 59.1 Å². The smallest absolute Gasteiger partial charge is 0.319 e. The third-order valence-electron chi connectivity index (χ3n) is 3.94. The monoisotopic (exact) mass is 401 g/mol. The summed E-state index contributed by atoms with van der Waals surface area (Å²) in [6, 6.07) is 15.5. The Hall–Kier alpha value is -2.31. The van der Waals surface area contributed by atoms with Crippen LogP contribution in [0, 0.1) is 6.92 Å². The van der Waals surface area contributed by atoms with Gasteiger partial charge >= 0.3 is 5.97 Å². The molecule has 0 bridgehead atoms. The van der Waals surface area contributed by atoms with Gasteiger partial charge in [-0.2, -0.15) is 0 Å². The van der Waals surface area contributed by atoms with Crippen LogP contribution in [-0.2, 0) is 9.53 Å². The molecule has 0 fully saturated rings. The van der Waals surface area contributed by atoms with Gasteiger partial charge in [0, 0.05) is 11.3 Å². The van der Waals surface area contributed by atoms with Crippen LogP contribution >= 0.6 is 23.4 Å². The molecular weight excluding hydrogens is 382 g/mol. The predicted octanol–water partition coefficient (Wildman–Crippen LogP) is 4.94. The third-order valence-corrected chi connectivity index (χ3v) is 5.29. The van der Waals surface area contributed by atoms with Gasteiger partial charge in [-0.25, -0.2) is 0 Å². The van der Waals surface area contributed by atoms with Gasteiger partial charge in [0.1, 0.15) is 5.25 Å². The minimum Gasteiger partial charge on any atom is -0.465 e. The number of thioether (sulfide) groups is 1. The number of halogens is 1. The highest BCUT2D eigenvalue weighted by molar-refractivity contribution is 8.00. The largest absolute Gasteiger partial charge is 0.465 e. The number of carbonyl (C=O) groups is 1. The van der Waals surface area contributed by atoms with E-state index in [2.05, 4.69) is 10.2 Å². The van der Waals surface area contributed by atoms with Gasteiger partial charge in [-0.1, -0.05) is 53.2 Å². The molecule has 0 aliphatic carbocycles. The van der Waals surface area contributed by atoms with Gasteiger partial charge in [0.15, 0.2) is 11.0 Å². The summed E-state index contributed by atoms with van der Waals surface area (Å²) in [7, 11) is 0. The molecule has 0 aliphatic rings. The van der Waals surface area contributed by atoms with Gasteiger partial charge < -0.3 is 4.74 Å². The van der Waals surface area contributed by atoms with Crippen LogP contribution in [0.2, 0.25) is 5.02 Å². The van der Waals surface area contributed by atoms with Crippen molar-refractivity contribution in [2.75, 3.05) is 6.61 Å². The van der Waals surface area contributed by atoms with Crippen molar-refractivity contribution in [2.24, 2.45) is 0 Å². The number of hydrogen-bond acceptors (Lipinski definition) is 5. The molecule has 0 spiro atoms. The van der Waals surface area contributed by atoms with E-state index in [1.165, 1.54) is 11.8 Å². The molecular formula is C20H20ClN3O2S. The number of rotatable bonds is 6. The number of hydrogen-bond donors (Lipinski definition) is 0. The number of carbonyl (C=O) groups excluding carboxylic acids is 1. The molecule has 0 saturated carbocycles. The van der Waals surface area contributed by atoms with Crippen LogP contribution < -0.4 is 0 Å². The van der Waals surface area contributed by atoms with Crippen LogP contribution in [0.4, 0.5) is 0 Å². The van der Waals surface area contributed by atoms with Crippen LogP contribution in [0.3, 0.4) is 0 Å². The molecule has 1 aromatic heterocycles. The molecule has 0 amide bonds. The lowest BCUT2D eigenvalue weighted by atomic mass is 10.2. The molecule has 0 N–H and O–H groups in total. The van der Waals surface area contributed by atoms with Crippen LogP contribution in [0.25, 0.3) is 17.1 Å². The summed E-state index contributed by atoms with van der Waals surface area (Å²) >= 11 is 7.70. The summed E-state index contributed by atoms with van der Waals surface area (Å²) in [5.74, 6) is 0.350. The van der Waals surface area contributed by atoms with Gasteiger partial charge in [-0.05, 0) is 45.0 Å². The first-order valence-electron chi connectivity index (χ1n) is 8.62. The number of nitrogens with zero attached hydrogens (tertiary/aromatic N) is 3. The molecule has 0 saturated heterocycles. The fraction of sp³-hybridized carbons (Fsp3) is 0.250. The summed E-state index contributed by atoms with van der Waals surface area (Å²) in [6.07, 6.45) is 0. The van der Waals surface area contributed by atoms with Crippen molar-refractivity contribution in [3.63, 3.8) is 0 Å². The first kappa shape index (κ1) is 19.5. The lowest BCUT2D eigenvalue weighted by Gasteiger charge is -2.13. The number of ether oxygens (including phenoxy) is 1. The van der Waals surface area contributed by atoms with Gasteiger partial charge in [-0.15, -0.1) is 10.2 Å². The van der Waals surface area contributed by atoms with Gasteiger partial charge in [0.2, 0.25) is 0 Å². The molecule has 0 aliphatic heterocycles. The first-order chi connectivity index (χ1) is 13.0. The molecule has 7 heteroatoms. The molecule has 3 rings (SSSR count). The zero-order valence-electron chi connectivity index (χ0n) is 15.3. The summed E-state index contributed by atoms with van der Waals surface area (Å²) < 4.78 is 7.03. The highest BCUT2D eigenvalue weighted by atomic mass is 35.5. The minimum absolute atomic E-state index is 0.278. The second-order valence-electron chi connectivity index (χ2n) is 5.97. The maximum atomic E-state index is 12.0. The van der Waals surface area contributed by atoms with Crippen molar-refractivity contribution < 1.29 is 9.53 Å². The Bertz CT molecular complexity index is 941. The Labute approximate surface area is 167 Å². The lowest BCUT2D eigenvalue weighted by molar-refractivity contribution is -0.142. The molecule has 5 nitrogen and oxygen atoms in total. The molecule has 140 valence electrons. The maximum Gasteiger partial charge on any atom is 0.319 e. The van der Waals surface area contributed by atoms with Crippen molar-refractivity contribution in [1.82, 2.24) is 14.8 Å². The molecule has 1 atom stereocenters. The molecule has 0 unspecified atom stereocenters. The minimum atomic E-state index is -0.405. The standard InChI is InChI=1S/C20H20ClN3O2S/c1-4-26-19(25)14(3)27-20-23-22-18(16-7-5-6-8-17(16)21)24(20)15-11-9-13(2)10-12-15/h5-12,14H,4H2,1-3H3/t14-/m1/s1. The van der Waals surface area contributed by atoms with E-state index in [1.54, 1.807) is 13.8 Å². The molecule has 0 radical (unpaired) electrons. The lowest BCUT2D eigenvalue weighted by Crippen LogP contribution is -2.17. The van der Waals surface area contributed by atoms with Crippen molar-refractivity contribution in [2.45, 2.75) is 31.2 Å². The van der Waals surface area contributed by atoms with Crippen molar-refractivity contribution in [3.8, 4) is 17.1 Å². The van der Waals surface area contributed by atoms with Gasteiger partial charge in [0.05, 0.1) is 11.6 Å². The zero-order chi connectivity index (χ0) is 19.4. The Kier molecular flexibility index (Phi) is 6.19. The molecule has 2 aromatic carbocycles. The maximum absolute atomic E-state index is 12.0. The highest BCUT2D eigenvalue weighted by Crippen LogP contribution is 2.33. The molecule has 27 heavy (non-hydrogen) atoms. The van der Waals surface area contributed by atoms with Crippen LogP contribution in [0.15, 0.2) is 53.7 Å². The summed E-state index contributed by atoms with van der Waals surface area (Å²) in [5, 5.41) is 9.48. The highest BCUT2D eigenvalue weighted by Gasteiger charge is 2.23. The van der Waals surface area contributed by atoms with E-state index in [9.17, 15) is 4.79 Å². The van der Waals surface area contributed by atoms with E-state index in [-0.39, 0.29) is 5.97 Å². The molecule has 3 aromatic rings. The number of esters is 1. The Morgan fingerprint density at radius 3 is 2.56 bits per heavy atom. The van der Waals surface area contributed by atoms with E-state index in [0.29, 0.717) is 22.6 Å². The van der Waals surface area contributed by atoms with Gasteiger partial charge in [0.25, 0.3) is 0 Å². The number of aromatic nitrogens is 3. The molecule has 1 heterocycles.